The van der Waals surface area contributed by atoms with Crippen LogP contribution in [0, 0.1) is 5.92 Å². The Bertz CT molecular complexity index is 2990. The lowest BCUT2D eigenvalue weighted by Crippen LogP contribution is -2.39. The number of allylic oxidation sites excluding steroid dienone is 3. The second-order valence-corrected chi connectivity index (χ2v) is 14.9. The number of fused-ring (bicyclic) bond motifs is 7. The van der Waals surface area contributed by atoms with Gasteiger partial charge >= 0.3 is 0 Å². The van der Waals surface area contributed by atoms with E-state index in [1.165, 1.54) is 5.57 Å². The summed E-state index contributed by atoms with van der Waals surface area (Å²) in [5, 5.41) is 8.24. The number of benzene rings is 7. The zero-order valence-electron chi connectivity index (χ0n) is 30.8. The van der Waals surface area contributed by atoms with Crippen LogP contribution in [0.5, 0.6) is 23.0 Å². The van der Waals surface area contributed by atoms with Crippen molar-refractivity contribution in [2.45, 2.75) is 19.4 Å². The minimum Gasteiger partial charge on any atom is -0.449 e. The van der Waals surface area contributed by atoms with Gasteiger partial charge in [0.1, 0.15) is 11.4 Å². The van der Waals surface area contributed by atoms with Crippen molar-refractivity contribution in [2.75, 3.05) is 0 Å². The van der Waals surface area contributed by atoms with Gasteiger partial charge in [0.05, 0.1) is 17.3 Å². The van der Waals surface area contributed by atoms with E-state index < -0.39 is 0 Å². The molecule has 0 spiro atoms. The van der Waals surface area contributed by atoms with Crippen LogP contribution >= 0.6 is 0 Å². The highest BCUT2D eigenvalue weighted by molar-refractivity contribution is 6.12. The van der Waals surface area contributed by atoms with Crippen LogP contribution in [0.25, 0.3) is 55.1 Å². The number of amidine groups is 1. The first kappa shape index (κ1) is 32.3. The number of nitrogens with zero attached hydrogens (tertiary/aromatic N) is 2. The molecule has 5 nitrogen and oxygen atoms in total. The topological polar surface area (TPSA) is 47.8 Å². The van der Waals surface area contributed by atoms with Crippen molar-refractivity contribution < 1.29 is 9.47 Å². The quantitative estimate of drug-likeness (QED) is 0.192. The summed E-state index contributed by atoms with van der Waals surface area (Å²) in [4.78, 5) is 5.19. The lowest BCUT2D eigenvalue weighted by molar-refractivity contribution is 0.363. The summed E-state index contributed by atoms with van der Waals surface area (Å²) in [6.07, 6.45) is 10.0. The molecule has 2 aliphatic heterocycles. The van der Waals surface area contributed by atoms with Crippen molar-refractivity contribution in [3.05, 3.63) is 193 Å². The Morgan fingerprint density at radius 3 is 2.18 bits per heavy atom. The first-order chi connectivity index (χ1) is 27.6. The Balaban J connectivity index is 0.980. The average molecular weight is 724 g/mol. The van der Waals surface area contributed by atoms with Crippen LogP contribution in [0.2, 0.25) is 0 Å². The number of aliphatic imine (C=N–C) groups is 1. The van der Waals surface area contributed by atoms with Crippen molar-refractivity contribution in [1.82, 2.24) is 9.88 Å². The van der Waals surface area contributed by atoms with Gasteiger partial charge in [0, 0.05) is 27.6 Å². The van der Waals surface area contributed by atoms with Crippen LogP contribution in [0.15, 0.2) is 187 Å². The van der Waals surface area contributed by atoms with Crippen molar-refractivity contribution >= 4 is 44.1 Å². The average Bonchev–Trinajstić information content (AvgIpc) is 3.60. The van der Waals surface area contributed by atoms with Crippen LogP contribution < -0.4 is 14.8 Å². The molecule has 8 aromatic rings. The van der Waals surface area contributed by atoms with Crippen LogP contribution in [-0.2, 0) is 0 Å². The molecule has 268 valence electrons. The minimum absolute atomic E-state index is 0.0553. The predicted molar refractivity (Wildman–Crippen MR) is 229 cm³/mol. The molecule has 5 heteroatoms. The lowest BCUT2D eigenvalue weighted by Gasteiger charge is -2.30. The van der Waals surface area contributed by atoms with Crippen molar-refractivity contribution in [3.8, 4) is 39.8 Å². The van der Waals surface area contributed by atoms with Gasteiger partial charge < -0.3 is 19.4 Å². The SMILES string of the molecule is CC1CC=CC=C1C1C=C(c2cccc(-c3ccc(-n4c5ccccc5c5ccc6c(c54)Oc4cc5ccccc5cc4O6)cc3)c2)N=C(c2ccccc2)N1. The maximum absolute atomic E-state index is 6.77. The van der Waals surface area contributed by atoms with E-state index in [0.717, 1.165) is 90.0 Å². The van der Waals surface area contributed by atoms with E-state index in [-0.39, 0.29) is 6.04 Å². The van der Waals surface area contributed by atoms with Gasteiger partial charge in [-0.2, -0.15) is 0 Å². The molecular weight excluding hydrogens is 687 g/mol. The van der Waals surface area contributed by atoms with E-state index in [0.29, 0.717) is 17.4 Å². The first-order valence-electron chi connectivity index (χ1n) is 19.3. The molecule has 0 amide bonds. The van der Waals surface area contributed by atoms with E-state index in [2.05, 4.69) is 169 Å². The highest BCUT2D eigenvalue weighted by Crippen LogP contribution is 2.51. The van der Waals surface area contributed by atoms with E-state index in [1.54, 1.807) is 0 Å². The Labute approximate surface area is 325 Å². The second kappa shape index (κ2) is 13.0. The third-order valence-electron chi connectivity index (χ3n) is 11.4. The van der Waals surface area contributed by atoms with Crippen LogP contribution in [0.4, 0.5) is 0 Å². The number of nitrogens with one attached hydrogen (secondary N) is 1. The second-order valence-electron chi connectivity index (χ2n) is 14.9. The highest BCUT2D eigenvalue weighted by Gasteiger charge is 2.27. The van der Waals surface area contributed by atoms with E-state index in [1.807, 2.05) is 24.3 Å². The third-order valence-corrected chi connectivity index (χ3v) is 11.4. The van der Waals surface area contributed by atoms with Crippen molar-refractivity contribution in [3.63, 3.8) is 0 Å². The summed E-state index contributed by atoms with van der Waals surface area (Å²) >= 11 is 0. The maximum atomic E-state index is 6.77. The van der Waals surface area contributed by atoms with Crippen molar-refractivity contribution in [2.24, 2.45) is 10.9 Å². The van der Waals surface area contributed by atoms with Gasteiger partial charge in [0.2, 0.25) is 0 Å². The number of ether oxygens (including phenoxy) is 2. The molecule has 56 heavy (non-hydrogen) atoms. The zero-order chi connectivity index (χ0) is 37.2. The Kier molecular flexibility index (Phi) is 7.52. The number of rotatable bonds is 5. The van der Waals surface area contributed by atoms with Gasteiger partial charge in [-0.25, -0.2) is 4.99 Å². The Morgan fingerprint density at radius 1 is 0.625 bits per heavy atom. The van der Waals surface area contributed by atoms with Gasteiger partial charge in [0.25, 0.3) is 0 Å². The normalized spacial score (nSPS) is 17.3. The lowest BCUT2D eigenvalue weighted by atomic mass is 9.86. The molecule has 3 heterocycles. The summed E-state index contributed by atoms with van der Waals surface area (Å²) in [6.45, 7) is 2.30. The molecule has 0 radical (unpaired) electrons. The monoisotopic (exact) mass is 723 g/mol. The summed E-state index contributed by atoms with van der Waals surface area (Å²) < 4.78 is 15.6. The number of para-hydroxylation sites is 1. The predicted octanol–water partition coefficient (Wildman–Crippen LogP) is 12.8. The van der Waals surface area contributed by atoms with Gasteiger partial charge in [-0.1, -0.05) is 128 Å². The van der Waals surface area contributed by atoms with E-state index in [9.17, 15) is 0 Å². The minimum atomic E-state index is 0.0553. The van der Waals surface area contributed by atoms with Gasteiger partial charge in [-0.15, -0.1) is 0 Å². The Hall–Kier alpha value is -7.11. The number of hydrogen-bond donors (Lipinski definition) is 1. The molecule has 1 aromatic heterocycles. The zero-order valence-corrected chi connectivity index (χ0v) is 30.8. The summed E-state index contributed by atoms with van der Waals surface area (Å²) in [6, 6.07) is 53.2. The molecule has 0 saturated carbocycles. The molecule has 0 saturated heterocycles. The van der Waals surface area contributed by atoms with Crippen LogP contribution in [0.3, 0.4) is 0 Å². The van der Waals surface area contributed by atoms with Gasteiger partial charge in [0.15, 0.2) is 23.0 Å². The largest absolute Gasteiger partial charge is 0.449 e. The molecule has 0 bridgehead atoms. The maximum Gasteiger partial charge on any atom is 0.194 e. The summed E-state index contributed by atoms with van der Waals surface area (Å²) in [5.74, 6) is 4.20. The first-order valence-corrected chi connectivity index (χ1v) is 19.3. The summed E-state index contributed by atoms with van der Waals surface area (Å²) in [5.41, 5.74) is 9.91. The molecule has 2 atom stereocenters. The highest BCUT2D eigenvalue weighted by atomic mass is 16.6. The fourth-order valence-corrected chi connectivity index (χ4v) is 8.50. The van der Waals surface area contributed by atoms with Crippen LogP contribution in [-0.4, -0.2) is 16.4 Å². The standard InChI is InChI=1S/C51H37N3O2/c1-32-12-5-8-19-40(32)44-31-43(52-51(53-44)34-13-3-2-4-14-34)38-18-11-17-35(28-38)33-22-24-39(25-23-33)54-45-21-10-9-20-41(45)42-26-27-46-50(49(42)54)56-48-30-37-16-7-6-15-36(37)29-47(48)55-46/h2-11,13-32,44H,12H2,1H3,(H,52,53). The van der Waals surface area contributed by atoms with Gasteiger partial charge in [-0.05, 0) is 94.4 Å². The van der Waals surface area contributed by atoms with Gasteiger partial charge in [-0.3, -0.25) is 0 Å². The third kappa shape index (κ3) is 5.43. The molecule has 7 aromatic carbocycles. The molecule has 1 N–H and O–H groups in total. The van der Waals surface area contributed by atoms with Crippen LogP contribution in [0.1, 0.15) is 24.5 Å². The molecular formula is C51H37N3O2. The number of aromatic nitrogens is 1. The fourth-order valence-electron chi connectivity index (χ4n) is 8.50. The van der Waals surface area contributed by atoms with E-state index >= 15 is 0 Å². The smallest absolute Gasteiger partial charge is 0.194 e. The Morgan fingerprint density at radius 2 is 1.36 bits per heavy atom. The molecule has 2 unspecified atom stereocenters. The fraction of sp³-hybridized carbons (Fsp3) is 0.0784. The molecule has 0 fully saturated rings. The molecule has 3 aliphatic rings. The summed E-state index contributed by atoms with van der Waals surface area (Å²) in [7, 11) is 0. The van der Waals surface area contributed by atoms with E-state index in [4.69, 9.17) is 14.5 Å². The number of hydrogen-bond acceptors (Lipinski definition) is 4. The van der Waals surface area contributed by atoms with Crippen molar-refractivity contribution in [1.29, 1.82) is 0 Å². The molecule has 11 rings (SSSR count). The molecule has 1 aliphatic carbocycles.